The fourth-order valence-corrected chi connectivity index (χ4v) is 2.09. The number of aliphatic hydroxyl groups excluding tert-OH is 1. The van der Waals surface area contributed by atoms with E-state index in [2.05, 4.69) is 24.8 Å². The van der Waals surface area contributed by atoms with E-state index in [-0.39, 0.29) is 12.4 Å². The summed E-state index contributed by atoms with van der Waals surface area (Å²) in [6, 6.07) is 0. The molecule has 0 fully saturated rings. The molecule has 0 unspecified atom stereocenters. The average Bonchev–Trinajstić information content (AvgIpc) is 2.99. The molecule has 1 aromatic heterocycles. The van der Waals surface area contributed by atoms with Gasteiger partial charge in [0.25, 0.3) is 0 Å². The van der Waals surface area contributed by atoms with Crippen molar-refractivity contribution in [3.8, 4) is 0 Å². The molecule has 1 aliphatic heterocycles. The van der Waals surface area contributed by atoms with Gasteiger partial charge in [-0.3, -0.25) is 9.52 Å². The van der Waals surface area contributed by atoms with Gasteiger partial charge in [0.05, 0.1) is 18.6 Å². The molecule has 0 aliphatic carbocycles. The van der Waals surface area contributed by atoms with E-state index in [1.165, 1.54) is 12.4 Å². The number of imidazole rings is 1. The highest BCUT2D eigenvalue weighted by Crippen LogP contribution is 2.37. The highest BCUT2D eigenvalue weighted by molar-refractivity contribution is 7.46. The first-order chi connectivity index (χ1) is 10.9. The van der Waals surface area contributed by atoms with Gasteiger partial charge in [-0.1, -0.05) is 0 Å². The first-order valence-corrected chi connectivity index (χ1v) is 8.15. The number of phosphoric ester groups is 1. The molecule has 0 aromatic carbocycles. The molecular formula is C13H17N4O5P. The van der Waals surface area contributed by atoms with Crippen molar-refractivity contribution in [3.63, 3.8) is 0 Å². The van der Waals surface area contributed by atoms with Crippen molar-refractivity contribution in [2.45, 2.75) is 13.3 Å². The number of aliphatic imine (C=N–C) groups is 1. The minimum Gasteiger partial charge on any atom is -0.505 e. The van der Waals surface area contributed by atoms with Crippen LogP contribution >= 0.6 is 7.82 Å². The first-order valence-electron chi connectivity index (χ1n) is 6.62. The number of nitrogens with one attached hydrogen (secondary N) is 2. The van der Waals surface area contributed by atoms with Crippen molar-refractivity contribution in [1.29, 1.82) is 0 Å². The highest BCUT2D eigenvalue weighted by Gasteiger charge is 2.21. The Balaban J connectivity index is 2.10. The molecule has 0 saturated carbocycles. The number of H-pyrrole nitrogens is 1. The maximum absolute atomic E-state index is 10.8. The predicted molar refractivity (Wildman–Crippen MR) is 83.4 cm³/mol. The van der Waals surface area contributed by atoms with Gasteiger partial charge in [-0.05, 0) is 6.92 Å². The molecule has 5 N–H and O–H groups in total. The minimum atomic E-state index is -4.60. The number of phosphoric acid groups is 1. The van der Waals surface area contributed by atoms with E-state index in [4.69, 9.17) is 9.79 Å². The Kier molecular flexibility index (Phi) is 5.51. The summed E-state index contributed by atoms with van der Waals surface area (Å²) in [6.45, 7) is 1.30. The number of dihydropyridines is 1. The maximum atomic E-state index is 10.8. The van der Waals surface area contributed by atoms with Crippen LogP contribution in [0.1, 0.15) is 12.6 Å². The average molecular weight is 340 g/mol. The second-order valence-corrected chi connectivity index (χ2v) is 5.95. The summed E-state index contributed by atoms with van der Waals surface area (Å²) in [6.07, 6.45) is 8.29. The SMILES string of the molecule is CC1=C(O)/C(=C\N=CCc2cnc[nH]2)C(COP(=O)(O)O)=CN1. The lowest BCUT2D eigenvalue weighted by molar-refractivity contribution is 0.211. The number of allylic oxidation sites excluding steroid dienone is 2. The van der Waals surface area contributed by atoms with E-state index in [0.717, 1.165) is 5.69 Å². The molecule has 0 amide bonds. The van der Waals surface area contributed by atoms with E-state index >= 15 is 0 Å². The number of rotatable bonds is 6. The normalized spacial score (nSPS) is 17.7. The van der Waals surface area contributed by atoms with Crippen molar-refractivity contribution < 1.29 is 24.0 Å². The fourth-order valence-electron chi connectivity index (χ4n) is 1.79. The zero-order valence-electron chi connectivity index (χ0n) is 12.3. The standard InChI is InChI=1S/C13H17N4O5P/c1-9-13(18)12(6-14-3-2-11-5-15-8-17-11)10(4-16-9)7-22-23(19,20)21/h3-6,8,16,18H,2,7H2,1H3,(H,15,17)(H2,19,20,21)/b12-6-,14-3?. The Morgan fingerprint density at radius 2 is 2.26 bits per heavy atom. The third kappa shape index (κ3) is 5.19. The van der Waals surface area contributed by atoms with Crippen molar-refractivity contribution in [1.82, 2.24) is 15.3 Å². The summed E-state index contributed by atoms with van der Waals surface area (Å²) in [4.78, 5) is 28.5. The van der Waals surface area contributed by atoms with Crippen LogP contribution in [-0.4, -0.2) is 37.7 Å². The molecule has 0 bridgehead atoms. The Labute approximate surface area is 132 Å². The summed E-state index contributed by atoms with van der Waals surface area (Å²) >= 11 is 0. The Morgan fingerprint density at radius 3 is 2.91 bits per heavy atom. The molecule has 0 spiro atoms. The second-order valence-electron chi connectivity index (χ2n) is 4.71. The van der Waals surface area contributed by atoms with E-state index < -0.39 is 7.82 Å². The van der Waals surface area contributed by atoms with E-state index in [1.54, 1.807) is 25.7 Å². The summed E-state index contributed by atoms with van der Waals surface area (Å²) < 4.78 is 15.3. The van der Waals surface area contributed by atoms with E-state index in [1.807, 2.05) is 0 Å². The lowest BCUT2D eigenvalue weighted by Crippen LogP contribution is -2.17. The van der Waals surface area contributed by atoms with Crippen LogP contribution in [0.2, 0.25) is 0 Å². The molecule has 0 radical (unpaired) electrons. The molecule has 1 aliphatic rings. The van der Waals surface area contributed by atoms with Gasteiger partial charge < -0.3 is 25.2 Å². The Bertz CT molecular complexity index is 715. The van der Waals surface area contributed by atoms with Crippen molar-refractivity contribution in [2.75, 3.05) is 6.61 Å². The van der Waals surface area contributed by atoms with E-state index in [9.17, 15) is 9.67 Å². The summed E-state index contributed by atoms with van der Waals surface area (Å²) in [5.74, 6) is -0.0597. The largest absolute Gasteiger partial charge is 0.505 e. The zero-order valence-corrected chi connectivity index (χ0v) is 13.2. The van der Waals surface area contributed by atoms with Crippen molar-refractivity contribution >= 4 is 14.0 Å². The molecule has 10 heteroatoms. The topological polar surface area (TPSA) is 140 Å². The van der Waals surface area contributed by atoms with Crippen LogP contribution in [-0.2, 0) is 15.5 Å². The highest BCUT2D eigenvalue weighted by atomic mass is 31.2. The zero-order chi connectivity index (χ0) is 16.9. The summed E-state index contributed by atoms with van der Waals surface area (Å²) in [7, 11) is -4.60. The Morgan fingerprint density at radius 1 is 1.48 bits per heavy atom. The van der Waals surface area contributed by atoms with Gasteiger partial charge in [0.15, 0.2) is 0 Å². The van der Waals surface area contributed by atoms with Gasteiger partial charge in [-0.2, -0.15) is 0 Å². The second kappa shape index (κ2) is 7.38. The van der Waals surface area contributed by atoms with Gasteiger partial charge >= 0.3 is 7.82 Å². The molecule has 0 atom stereocenters. The van der Waals surface area contributed by atoms with Crippen LogP contribution in [0.25, 0.3) is 0 Å². The van der Waals surface area contributed by atoms with Crippen LogP contribution in [0.15, 0.2) is 52.5 Å². The van der Waals surface area contributed by atoms with Crippen LogP contribution in [0.5, 0.6) is 0 Å². The van der Waals surface area contributed by atoms with Crippen LogP contribution in [0, 0.1) is 0 Å². The summed E-state index contributed by atoms with van der Waals surface area (Å²) in [5, 5.41) is 12.9. The molecular weight excluding hydrogens is 323 g/mol. The maximum Gasteiger partial charge on any atom is 0.469 e. The molecule has 2 heterocycles. The molecule has 9 nitrogen and oxygen atoms in total. The number of aromatic nitrogens is 2. The lowest BCUT2D eigenvalue weighted by Gasteiger charge is -2.19. The predicted octanol–water partition coefficient (Wildman–Crippen LogP) is 1.29. The Hall–Kier alpha value is -2.19. The number of aliphatic hydroxyl groups is 1. The molecule has 0 saturated heterocycles. The molecule has 2 rings (SSSR count). The van der Waals surface area contributed by atoms with Gasteiger partial charge in [0, 0.05) is 48.1 Å². The third-order valence-corrected chi connectivity index (χ3v) is 3.45. The molecule has 124 valence electrons. The van der Waals surface area contributed by atoms with Crippen LogP contribution < -0.4 is 5.32 Å². The van der Waals surface area contributed by atoms with Crippen molar-refractivity contribution in [2.24, 2.45) is 4.99 Å². The molecule has 1 aromatic rings. The number of hydrogen-bond donors (Lipinski definition) is 5. The van der Waals surface area contributed by atoms with Gasteiger partial charge in [-0.15, -0.1) is 0 Å². The number of nitrogens with zero attached hydrogens (tertiary/aromatic N) is 2. The third-order valence-electron chi connectivity index (χ3n) is 2.98. The fraction of sp³-hybridized carbons (Fsp3) is 0.231. The quantitative estimate of drug-likeness (QED) is 0.388. The van der Waals surface area contributed by atoms with Crippen LogP contribution in [0.3, 0.4) is 0 Å². The summed E-state index contributed by atoms with van der Waals surface area (Å²) in [5.41, 5.74) is 2.08. The first kappa shape index (κ1) is 17.2. The number of hydrogen-bond acceptors (Lipinski definition) is 6. The van der Waals surface area contributed by atoms with Crippen molar-refractivity contribution in [3.05, 3.63) is 53.2 Å². The number of aromatic amines is 1. The van der Waals surface area contributed by atoms with Gasteiger partial charge in [0.1, 0.15) is 5.76 Å². The minimum absolute atomic E-state index is 0.0597. The van der Waals surface area contributed by atoms with Gasteiger partial charge in [-0.25, -0.2) is 9.55 Å². The van der Waals surface area contributed by atoms with Gasteiger partial charge in [0.2, 0.25) is 0 Å². The van der Waals surface area contributed by atoms with Crippen LogP contribution in [0.4, 0.5) is 0 Å². The monoisotopic (exact) mass is 340 g/mol. The lowest BCUT2D eigenvalue weighted by atomic mass is 10.0. The smallest absolute Gasteiger partial charge is 0.469 e. The van der Waals surface area contributed by atoms with E-state index in [0.29, 0.717) is 23.3 Å². The molecule has 23 heavy (non-hydrogen) atoms.